The van der Waals surface area contributed by atoms with Crippen LogP contribution in [0.2, 0.25) is 0 Å². The average molecular weight is 272 g/mol. The van der Waals surface area contributed by atoms with Gasteiger partial charge < -0.3 is 4.74 Å². The molecule has 5 heteroatoms. The smallest absolute Gasteiger partial charge is 0.312 e. The van der Waals surface area contributed by atoms with E-state index in [1.54, 1.807) is 12.1 Å². The van der Waals surface area contributed by atoms with Crippen LogP contribution in [0.4, 0.5) is 5.69 Å². The minimum absolute atomic E-state index is 0.0243. The summed E-state index contributed by atoms with van der Waals surface area (Å²) in [4.78, 5) is 10.3. The molecule has 0 radical (unpaired) electrons. The number of nitro groups is 1. The average Bonchev–Trinajstić information content (AvgIpc) is 2.12. The Morgan fingerprint density at radius 1 is 1.47 bits per heavy atom. The second kappa shape index (κ2) is 4.18. The van der Waals surface area contributed by atoms with Crippen LogP contribution in [0.1, 0.15) is 19.3 Å². The summed E-state index contributed by atoms with van der Waals surface area (Å²) in [5.74, 6) is 0.368. The fourth-order valence-electron chi connectivity index (χ4n) is 1.40. The molecule has 1 fully saturated rings. The van der Waals surface area contributed by atoms with Gasteiger partial charge >= 0.3 is 5.69 Å². The lowest BCUT2D eigenvalue weighted by atomic mass is 9.96. The maximum Gasteiger partial charge on any atom is 0.312 e. The van der Waals surface area contributed by atoms with Crippen LogP contribution in [0.3, 0.4) is 0 Å². The highest BCUT2D eigenvalue weighted by molar-refractivity contribution is 9.10. The SMILES string of the molecule is O=[N+]([O-])c1cc(Br)ccc1OC1CCC1. The molecule has 0 heterocycles. The van der Waals surface area contributed by atoms with E-state index < -0.39 is 4.92 Å². The molecule has 0 amide bonds. The number of benzene rings is 1. The molecule has 1 aliphatic rings. The highest BCUT2D eigenvalue weighted by atomic mass is 79.9. The van der Waals surface area contributed by atoms with Crippen LogP contribution in [-0.2, 0) is 0 Å². The van der Waals surface area contributed by atoms with E-state index in [1.807, 2.05) is 0 Å². The van der Waals surface area contributed by atoms with E-state index in [4.69, 9.17) is 4.74 Å². The van der Waals surface area contributed by atoms with Crippen molar-refractivity contribution in [1.82, 2.24) is 0 Å². The highest BCUT2D eigenvalue weighted by Gasteiger charge is 2.23. The summed E-state index contributed by atoms with van der Waals surface area (Å²) in [6.07, 6.45) is 3.29. The van der Waals surface area contributed by atoms with Gasteiger partial charge in [-0.2, -0.15) is 0 Å². The van der Waals surface area contributed by atoms with E-state index in [-0.39, 0.29) is 11.8 Å². The molecule has 0 spiro atoms. The van der Waals surface area contributed by atoms with Crippen molar-refractivity contribution in [3.8, 4) is 5.75 Å². The lowest BCUT2D eigenvalue weighted by Gasteiger charge is -2.26. The molecule has 15 heavy (non-hydrogen) atoms. The molecule has 1 aromatic carbocycles. The Morgan fingerprint density at radius 3 is 2.73 bits per heavy atom. The summed E-state index contributed by atoms with van der Waals surface area (Å²) < 4.78 is 6.23. The fraction of sp³-hybridized carbons (Fsp3) is 0.400. The Balaban J connectivity index is 2.23. The molecule has 4 nitrogen and oxygen atoms in total. The van der Waals surface area contributed by atoms with Crippen molar-refractivity contribution >= 4 is 21.6 Å². The van der Waals surface area contributed by atoms with Gasteiger partial charge in [0, 0.05) is 10.5 Å². The fourth-order valence-corrected chi connectivity index (χ4v) is 1.75. The highest BCUT2D eigenvalue weighted by Crippen LogP contribution is 2.33. The predicted octanol–water partition coefficient (Wildman–Crippen LogP) is 3.29. The number of hydrogen-bond donors (Lipinski definition) is 0. The van der Waals surface area contributed by atoms with Crippen LogP contribution < -0.4 is 4.74 Å². The third kappa shape index (κ3) is 2.28. The topological polar surface area (TPSA) is 52.4 Å². The first-order valence-electron chi connectivity index (χ1n) is 4.77. The van der Waals surface area contributed by atoms with Crippen LogP contribution >= 0.6 is 15.9 Å². The van der Waals surface area contributed by atoms with E-state index in [1.165, 1.54) is 6.07 Å². The van der Waals surface area contributed by atoms with Crippen molar-refractivity contribution in [2.24, 2.45) is 0 Å². The number of rotatable bonds is 3. The van der Waals surface area contributed by atoms with Crippen molar-refractivity contribution in [1.29, 1.82) is 0 Å². The number of nitrogens with zero attached hydrogens (tertiary/aromatic N) is 1. The Hall–Kier alpha value is -1.10. The number of ether oxygens (including phenoxy) is 1. The van der Waals surface area contributed by atoms with E-state index in [0.29, 0.717) is 10.2 Å². The van der Waals surface area contributed by atoms with Gasteiger partial charge in [-0.25, -0.2) is 0 Å². The van der Waals surface area contributed by atoms with Gasteiger partial charge in [0.05, 0.1) is 11.0 Å². The van der Waals surface area contributed by atoms with Crippen molar-refractivity contribution in [3.05, 3.63) is 32.8 Å². The lowest BCUT2D eigenvalue weighted by molar-refractivity contribution is -0.386. The zero-order valence-corrected chi connectivity index (χ0v) is 9.57. The second-order valence-corrected chi connectivity index (χ2v) is 4.46. The molecule has 0 N–H and O–H groups in total. The summed E-state index contributed by atoms with van der Waals surface area (Å²) in [7, 11) is 0. The van der Waals surface area contributed by atoms with Crippen molar-refractivity contribution in [2.75, 3.05) is 0 Å². The Labute approximate surface area is 95.5 Å². The molecule has 0 bridgehead atoms. The molecule has 80 valence electrons. The molecule has 2 rings (SSSR count). The van der Waals surface area contributed by atoms with Gasteiger partial charge in [0.25, 0.3) is 0 Å². The summed E-state index contributed by atoms with van der Waals surface area (Å²) >= 11 is 3.20. The minimum Gasteiger partial charge on any atom is -0.484 e. The lowest BCUT2D eigenvalue weighted by Crippen LogP contribution is -2.24. The molecular weight excluding hydrogens is 262 g/mol. The third-order valence-corrected chi connectivity index (χ3v) is 2.96. The second-order valence-electron chi connectivity index (χ2n) is 3.54. The van der Waals surface area contributed by atoms with Gasteiger partial charge in [-0.15, -0.1) is 0 Å². The van der Waals surface area contributed by atoms with Crippen LogP contribution in [-0.4, -0.2) is 11.0 Å². The molecule has 1 aliphatic carbocycles. The van der Waals surface area contributed by atoms with E-state index in [2.05, 4.69) is 15.9 Å². The Kier molecular flexibility index (Phi) is 2.90. The molecule has 0 aliphatic heterocycles. The maximum absolute atomic E-state index is 10.8. The third-order valence-electron chi connectivity index (χ3n) is 2.46. The number of nitro benzene ring substituents is 1. The minimum atomic E-state index is -0.418. The van der Waals surface area contributed by atoms with E-state index >= 15 is 0 Å². The molecule has 0 unspecified atom stereocenters. The molecular formula is C10H10BrNO3. The first kappa shape index (κ1) is 10.4. The number of hydrogen-bond acceptors (Lipinski definition) is 3. The van der Waals surface area contributed by atoms with Crippen LogP contribution in [0, 0.1) is 10.1 Å². The van der Waals surface area contributed by atoms with Crippen LogP contribution in [0.15, 0.2) is 22.7 Å². The predicted molar refractivity (Wildman–Crippen MR) is 59.1 cm³/mol. The largest absolute Gasteiger partial charge is 0.484 e. The summed E-state index contributed by atoms with van der Waals surface area (Å²) in [6.45, 7) is 0. The quantitative estimate of drug-likeness (QED) is 0.626. The van der Waals surface area contributed by atoms with Gasteiger partial charge in [-0.3, -0.25) is 10.1 Å². The van der Waals surface area contributed by atoms with Crippen LogP contribution in [0.5, 0.6) is 5.75 Å². The van der Waals surface area contributed by atoms with Gasteiger partial charge in [0.2, 0.25) is 0 Å². The monoisotopic (exact) mass is 271 g/mol. The molecule has 1 aromatic rings. The summed E-state index contributed by atoms with van der Waals surface area (Å²) in [5, 5.41) is 10.8. The van der Waals surface area contributed by atoms with Gasteiger partial charge in [0.15, 0.2) is 5.75 Å². The first-order valence-corrected chi connectivity index (χ1v) is 5.57. The molecule has 0 aromatic heterocycles. The molecule has 0 saturated heterocycles. The van der Waals surface area contributed by atoms with Crippen molar-refractivity contribution in [2.45, 2.75) is 25.4 Å². The van der Waals surface area contributed by atoms with Crippen molar-refractivity contribution in [3.63, 3.8) is 0 Å². The Bertz CT molecular complexity index is 390. The maximum atomic E-state index is 10.8. The zero-order valence-electron chi connectivity index (χ0n) is 7.98. The zero-order chi connectivity index (χ0) is 10.8. The van der Waals surface area contributed by atoms with E-state index in [9.17, 15) is 10.1 Å². The first-order chi connectivity index (χ1) is 7.16. The van der Waals surface area contributed by atoms with Gasteiger partial charge in [-0.05, 0) is 31.4 Å². The van der Waals surface area contributed by atoms with E-state index in [0.717, 1.165) is 19.3 Å². The summed E-state index contributed by atoms with van der Waals surface area (Å²) in [5.41, 5.74) is 0.0243. The normalized spacial score (nSPS) is 15.8. The van der Waals surface area contributed by atoms with Gasteiger partial charge in [0.1, 0.15) is 0 Å². The number of halogens is 1. The molecule has 1 saturated carbocycles. The molecule has 0 atom stereocenters. The Morgan fingerprint density at radius 2 is 2.20 bits per heavy atom. The summed E-state index contributed by atoms with van der Waals surface area (Å²) in [6, 6.07) is 4.86. The van der Waals surface area contributed by atoms with Gasteiger partial charge in [-0.1, -0.05) is 15.9 Å². The van der Waals surface area contributed by atoms with Crippen molar-refractivity contribution < 1.29 is 9.66 Å². The van der Waals surface area contributed by atoms with Crippen LogP contribution in [0.25, 0.3) is 0 Å². The standard InChI is InChI=1S/C10H10BrNO3/c11-7-4-5-10(9(6-7)12(13)14)15-8-2-1-3-8/h4-6,8H,1-3H2.